The second-order valence-electron chi connectivity index (χ2n) is 4.85. The quantitative estimate of drug-likeness (QED) is 0.613. The molecule has 112 valence electrons. The molecule has 1 aliphatic rings. The van der Waals surface area contributed by atoms with Crippen molar-refractivity contribution in [2.75, 3.05) is 14.2 Å². The molecule has 21 heavy (non-hydrogen) atoms. The van der Waals surface area contributed by atoms with Gasteiger partial charge in [-0.2, -0.15) is 0 Å². The largest absolute Gasteiger partial charge is 0.497 e. The average molecular weight is 289 g/mol. The number of nitrogens with zero attached hydrogens (tertiary/aromatic N) is 1. The van der Waals surface area contributed by atoms with Crippen LogP contribution in [-0.2, 0) is 4.74 Å². The average Bonchev–Trinajstić information content (AvgIpc) is 2.53. The molecule has 0 saturated heterocycles. The van der Waals surface area contributed by atoms with E-state index in [0.717, 1.165) is 24.0 Å². The molecule has 0 fully saturated rings. The van der Waals surface area contributed by atoms with Gasteiger partial charge in [-0.05, 0) is 37.0 Å². The van der Waals surface area contributed by atoms with E-state index in [2.05, 4.69) is 0 Å². The standard InChI is InChI=1S/C16H19NO4/c1-20-14-10-8-13(9-11-14)16(21-2)15(17(18)19)12-6-4-3-5-7-12/h4,6,8-11,16H,3,5,7H2,1-2H3/b15-12+. The molecular weight excluding hydrogens is 270 g/mol. The smallest absolute Gasteiger partial charge is 0.282 e. The normalized spacial score (nSPS) is 18.2. The van der Waals surface area contributed by atoms with Crippen molar-refractivity contribution in [1.29, 1.82) is 0 Å². The Kier molecular flexibility index (Phi) is 5.11. The summed E-state index contributed by atoms with van der Waals surface area (Å²) in [5.74, 6) is 0.710. The minimum absolute atomic E-state index is 0.124. The summed E-state index contributed by atoms with van der Waals surface area (Å²) in [7, 11) is 3.07. The molecule has 0 bridgehead atoms. The first-order chi connectivity index (χ1) is 10.2. The lowest BCUT2D eigenvalue weighted by atomic mass is 9.95. The van der Waals surface area contributed by atoms with Gasteiger partial charge in [0, 0.05) is 12.7 Å². The van der Waals surface area contributed by atoms with Crippen LogP contribution in [0.2, 0.25) is 0 Å². The fourth-order valence-electron chi connectivity index (χ4n) is 2.50. The molecule has 5 nitrogen and oxygen atoms in total. The second kappa shape index (κ2) is 7.04. The Hall–Kier alpha value is -2.14. The van der Waals surface area contributed by atoms with E-state index in [4.69, 9.17) is 9.47 Å². The summed E-state index contributed by atoms with van der Waals surface area (Å²) in [6.07, 6.45) is 5.75. The zero-order chi connectivity index (χ0) is 15.2. The second-order valence-corrected chi connectivity index (χ2v) is 4.85. The van der Waals surface area contributed by atoms with E-state index in [1.807, 2.05) is 12.2 Å². The maximum Gasteiger partial charge on any atom is 0.282 e. The molecule has 0 spiro atoms. The summed E-state index contributed by atoms with van der Waals surface area (Å²) in [6, 6.07) is 7.15. The van der Waals surface area contributed by atoms with Gasteiger partial charge in [0.1, 0.15) is 5.75 Å². The topological polar surface area (TPSA) is 61.6 Å². The number of nitro groups is 1. The SMILES string of the molecule is COc1ccc(C(OC)/C(=C2/C=CCCC2)[N+](=O)[O-])cc1. The first-order valence-electron chi connectivity index (χ1n) is 6.88. The molecule has 1 atom stereocenters. The van der Waals surface area contributed by atoms with E-state index in [9.17, 15) is 10.1 Å². The predicted octanol–water partition coefficient (Wildman–Crippen LogP) is 3.65. The highest BCUT2D eigenvalue weighted by Gasteiger charge is 2.30. The minimum atomic E-state index is -0.677. The Morgan fingerprint density at radius 2 is 2.00 bits per heavy atom. The van der Waals surface area contributed by atoms with Crippen LogP contribution in [-0.4, -0.2) is 19.1 Å². The van der Waals surface area contributed by atoms with Gasteiger partial charge in [-0.1, -0.05) is 24.3 Å². The van der Waals surface area contributed by atoms with Crippen molar-refractivity contribution in [3.05, 3.63) is 63.4 Å². The lowest BCUT2D eigenvalue weighted by molar-refractivity contribution is -0.438. The van der Waals surface area contributed by atoms with Gasteiger partial charge in [0.05, 0.1) is 12.0 Å². The molecule has 0 N–H and O–H groups in total. The summed E-state index contributed by atoms with van der Waals surface area (Å²) >= 11 is 0. The number of benzene rings is 1. The highest BCUT2D eigenvalue weighted by molar-refractivity contribution is 5.35. The molecule has 0 radical (unpaired) electrons. The molecule has 1 aromatic carbocycles. The molecule has 1 aliphatic carbocycles. The molecule has 1 unspecified atom stereocenters. The third-order valence-corrected chi connectivity index (χ3v) is 3.56. The van der Waals surface area contributed by atoms with Crippen molar-refractivity contribution in [3.63, 3.8) is 0 Å². The highest BCUT2D eigenvalue weighted by atomic mass is 16.6. The number of methoxy groups -OCH3 is 2. The summed E-state index contributed by atoms with van der Waals surface area (Å²) in [5, 5.41) is 11.5. The first-order valence-corrected chi connectivity index (χ1v) is 6.88. The van der Waals surface area contributed by atoms with Crippen molar-refractivity contribution < 1.29 is 14.4 Å². The predicted molar refractivity (Wildman–Crippen MR) is 79.8 cm³/mol. The van der Waals surface area contributed by atoms with Crippen LogP contribution in [0.1, 0.15) is 30.9 Å². The molecule has 0 saturated carbocycles. The number of allylic oxidation sites excluding steroid dienone is 3. The van der Waals surface area contributed by atoms with Crippen molar-refractivity contribution in [2.45, 2.75) is 25.4 Å². The minimum Gasteiger partial charge on any atom is -0.497 e. The summed E-state index contributed by atoms with van der Waals surface area (Å²) < 4.78 is 10.5. The maximum absolute atomic E-state index is 11.5. The van der Waals surface area contributed by atoms with Crippen LogP contribution in [0.15, 0.2) is 47.7 Å². The number of hydrogen-bond donors (Lipinski definition) is 0. The van der Waals surface area contributed by atoms with Gasteiger partial charge in [-0.3, -0.25) is 10.1 Å². The Bertz CT molecular complexity index is 560. The first kappa shape index (κ1) is 15.3. The zero-order valence-electron chi connectivity index (χ0n) is 12.2. The Balaban J connectivity index is 2.42. The van der Waals surface area contributed by atoms with Crippen LogP contribution in [0.4, 0.5) is 0 Å². The van der Waals surface area contributed by atoms with Crippen molar-refractivity contribution in [3.8, 4) is 5.75 Å². The molecule has 0 aliphatic heterocycles. The molecule has 0 amide bonds. The van der Waals surface area contributed by atoms with Gasteiger partial charge in [0.15, 0.2) is 6.10 Å². The summed E-state index contributed by atoms with van der Waals surface area (Å²) in [5.41, 5.74) is 1.61. The maximum atomic E-state index is 11.5. The van der Waals surface area contributed by atoms with Crippen molar-refractivity contribution in [1.82, 2.24) is 0 Å². The molecule has 1 aromatic rings. The van der Waals surface area contributed by atoms with Crippen LogP contribution < -0.4 is 4.74 Å². The van der Waals surface area contributed by atoms with E-state index in [1.165, 1.54) is 7.11 Å². The molecule has 5 heteroatoms. The lowest BCUT2D eigenvalue weighted by Gasteiger charge is -2.17. The van der Waals surface area contributed by atoms with Crippen LogP contribution >= 0.6 is 0 Å². The Labute approximate surface area is 124 Å². The van der Waals surface area contributed by atoms with Gasteiger partial charge < -0.3 is 9.47 Å². The molecule has 0 aromatic heterocycles. The molecule has 2 rings (SSSR count). The lowest BCUT2D eigenvalue weighted by Crippen LogP contribution is -2.15. The zero-order valence-corrected chi connectivity index (χ0v) is 12.2. The van der Waals surface area contributed by atoms with Gasteiger partial charge in [-0.25, -0.2) is 0 Å². The van der Waals surface area contributed by atoms with Crippen LogP contribution in [0.5, 0.6) is 5.75 Å². The van der Waals surface area contributed by atoms with Gasteiger partial charge in [0.25, 0.3) is 5.70 Å². The van der Waals surface area contributed by atoms with Crippen molar-refractivity contribution in [2.24, 2.45) is 0 Å². The number of hydrogen-bond acceptors (Lipinski definition) is 4. The van der Waals surface area contributed by atoms with Gasteiger partial charge >= 0.3 is 0 Å². The van der Waals surface area contributed by atoms with E-state index in [-0.39, 0.29) is 10.6 Å². The van der Waals surface area contributed by atoms with Gasteiger partial charge in [0.2, 0.25) is 0 Å². The van der Waals surface area contributed by atoms with Gasteiger partial charge in [-0.15, -0.1) is 0 Å². The summed E-state index contributed by atoms with van der Waals surface area (Å²) in [6.45, 7) is 0. The Morgan fingerprint density at radius 1 is 1.29 bits per heavy atom. The Morgan fingerprint density at radius 3 is 2.48 bits per heavy atom. The fraction of sp³-hybridized carbons (Fsp3) is 0.375. The van der Waals surface area contributed by atoms with Crippen molar-refractivity contribution >= 4 is 0 Å². The molecular formula is C16H19NO4. The van der Waals surface area contributed by atoms with E-state index in [1.54, 1.807) is 31.4 Å². The van der Waals surface area contributed by atoms with E-state index < -0.39 is 6.10 Å². The monoisotopic (exact) mass is 289 g/mol. The van der Waals surface area contributed by atoms with E-state index in [0.29, 0.717) is 12.2 Å². The molecule has 0 heterocycles. The van der Waals surface area contributed by atoms with Crippen LogP contribution in [0.25, 0.3) is 0 Å². The third kappa shape index (κ3) is 3.49. The number of ether oxygens (including phenoxy) is 2. The number of rotatable bonds is 5. The van der Waals surface area contributed by atoms with E-state index >= 15 is 0 Å². The fourth-order valence-corrected chi connectivity index (χ4v) is 2.50. The highest BCUT2D eigenvalue weighted by Crippen LogP contribution is 2.32. The summed E-state index contributed by atoms with van der Waals surface area (Å²) in [4.78, 5) is 11.2. The van der Waals surface area contributed by atoms with Crippen LogP contribution in [0.3, 0.4) is 0 Å². The third-order valence-electron chi connectivity index (χ3n) is 3.56. The van der Waals surface area contributed by atoms with Crippen LogP contribution in [0, 0.1) is 10.1 Å².